The van der Waals surface area contributed by atoms with Crippen LogP contribution >= 0.6 is 0 Å². The minimum absolute atomic E-state index is 0.436. The van der Waals surface area contributed by atoms with Gasteiger partial charge in [0.1, 0.15) is 5.54 Å². The molecule has 0 aromatic heterocycles. The van der Waals surface area contributed by atoms with Crippen molar-refractivity contribution >= 4 is 0 Å². The van der Waals surface area contributed by atoms with Gasteiger partial charge < -0.3 is 11.1 Å². The van der Waals surface area contributed by atoms with Crippen LogP contribution in [-0.2, 0) is 18.4 Å². The Morgan fingerprint density at radius 2 is 1.08 bits per heavy atom. The van der Waals surface area contributed by atoms with Crippen molar-refractivity contribution in [3.8, 4) is 12.8 Å². The highest BCUT2D eigenvalue weighted by Crippen LogP contribution is 2.36. The highest BCUT2D eigenvalue weighted by Gasteiger charge is 2.34. The predicted molar refractivity (Wildman–Crippen MR) is 163 cm³/mol. The van der Waals surface area contributed by atoms with E-state index in [1.54, 1.807) is 0 Å². The molecule has 0 bridgehead atoms. The van der Waals surface area contributed by atoms with Crippen LogP contribution in [0.4, 0.5) is 0 Å². The van der Waals surface area contributed by atoms with Gasteiger partial charge in [0.25, 0.3) is 0 Å². The first-order valence-corrected chi connectivity index (χ1v) is 12.1. The quantitative estimate of drug-likeness (QED) is 0.264. The van der Waals surface area contributed by atoms with Gasteiger partial charge in [0.15, 0.2) is 0 Å². The summed E-state index contributed by atoms with van der Waals surface area (Å²) in [5, 5.41) is 3.53. The fraction of sp³-hybridized carbons (Fsp3) is 0.235. The summed E-state index contributed by atoms with van der Waals surface area (Å²) in [6.45, 7) is 22.7. The summed E-state index contributed by atoms with van der Waals surface area (Å²) in [5.41, 5.74) is 11.2. The number of aryl methyl sites for hydroxylation is 2. The van der Waals surface area contributed by atoms with Gasteiger partial charge in [-0.05, 0) is 61.6 Å². The van der Waals surface area contributed by atoms with Crippen LogP contribution in [0.1, 0.15) is 49.9 Å². The SMILES string of the molecule is C#C.C=C.C=C(C)NC(C(=C)C)(c1ccccc1)c1ccccc1.CCc1cccc(CC)c1.CN. The molecule has 0 unspecified atom stereocenters. The van der Waals surface area contributed by atoms with E-state index >= 15 is 0 Å². The molecule has 36 heavy (non-hydrogen) atoms. The Bertz CT molecular complexity index is 942. The lowest BCUT2D eigenvalue weighted by Crippen LogP contribution is -2.43. The van der Waals surface area contributed by atoms with Crippen molar-refractivity contribution in [1.29, 1.82) is 0 Å². The van der Waals surface area contributed by atoms with E-state index in [2.05, 4.69) is 144 Å². The van der Waals surface area contributed by atoms with Crippen LogP contribution in [-0.4, -0.2) is 7.05 Å². The van der Waals surface area contributed by atoms with Crippen LogP contribution in [0.3, 0.4) is 0 Å². The summed E-state index contributed by atoms with van der Waals surface area (Å²) < 4.78 is 0. The van der Waals surface area contributed by atoms with Crippen LogP contribution in [0.25, 0.3) is 0 Å². The second-order valence-corrected chi connectivity index (χ2v) is 7.69. The van der Waals surface area contributed by atoms with Gasteiger partial charge in [0.05, 0.1) is 0 Å². The normalized spacial score (nSPS) is 9.11. The Hall–Kier alpha value is -3.80. The lowest BCUT2D eigenvalue weighted by molar-refractivity contribution is 0.520. The molecule has 0 saturated carbocycles. The molecular formula is C34H46N2. The maximum absolute atomic E-state index is 4.50. The molecule has 0 aliphatic rings. The van der Waals surface area contributed by atoms with Crippen molar-refractivity contribution < 1.29 is 0 Å². The molecule has 0 heterocycles. The lowest BCUT2D eigenvalue weighted by atomic mass is 9.77. The van der Waals surface area contributed by atoms with Gasteiger partial charge in [-0.15, -0.1) is 26.0 Å². The first-order valence-electron chi connectivity index (χ1n) is 12.1. The Kier molecular flexibility index (Phi) is 19.6. The van der Waals surface area contributed by atoms with E-state index in [-0.39, 0.29) is 0 Å². The summed E-state index contributed by atoms with van der Waals surface area (Å²) in [4.78, 5) is 0. The van der Waals surface area contributed by atoms with Gasteiger partial charge in [-0.25, -0.2) is 0 Å². The zero-order chi connectivity index (χ0) is 28.0. The van der Waals surface area contributed by atoms with E-state index in [0.29, 0.717) is 0 Å². The van der Waals surface area contributed by atoms with Crippen LogP contribution in [0, 0.1) is 12.8 Å². The maximum Gasteiger partial charge on any atom is 0.109 e. The Morgan fingerprint density at radius 1 is 0.722 bits per heavy atom. The Labute approximate surface area is 221 Å². The van der Waals surface area contributed by atoms with Gasteiger partial charge in [-0.1, -0.05) is 112 Å². The Balaban J connectivity index is 0. The molecule has 0 amide bonds. The van der Waals surface area contributed by atoms with Crippen LogP contribution < -0.4 is 11.1 Å². The number of nitrogens with two attached hydrogens (primary N) is 1. The first-order chi connectivity index (χ1) is 17.4. The highest BCUT2D eigenvalue weighted by atomic mass is 15.0. The van der Waals surface area contributed by atoms with Crippen LogP contribution in [0.15, 0.2) is 123 Å². The number of rotatable bonds is 7. The van der Waals surface area contributed by atoms with Crippen LogP contribution in [0.5, 0.6) is 0 Å². The standard InChI is InChI=1S/C19H21N.C10H14.C2H4.C2H2.CH5N/c1-15(2)19(20-16(3)4,17-11-7-5-8-12-17)18-13-9-6-10-14-18;1-3-9-6-5-7-10(4-2)8-9;3*1-2/h5-14,20H,1,3H2,2,4H3;5-8H,3-4H2,1-2H3;1-2H2;1-2H;2H2,1H3. The molecule has 0 fully saturated rings. The number of benzene rings is 3. The van der Waals surface area contributed by atoms with Gasteiger partial charge in [-0.2, -0.15) is 0 Å². The zero-order valence-electron chi connectivity index (χ0n) is 23.1. The minimum atomic E-state index is -0.436. The number of nitrogens with one attached hydrogen (secondary N) is 1. The largest absolute Gasteiger partial charge is 0.372 e. The molecule has 2 nitrogen and oxygen atoms in total. The van der Waals surface area contributed by atoms with E-state index in [4.69, 9.17) is 0 Å². The van der Waals surface area contributed by atoms with E-state index in [9.17, 15) is 0 Å². The highest BCUT2D eigenvalue weighted by molar-refractivity contribution is 5.47. The van der Waals surface area contributed by atoms with Crippen molar-refractivity contribution in [2.75, 3.05) is 7.05 Å². The van der Waals surface area contributed by atoms with Gasteiger partial charge in [0, 0.05) is 5.70 Å². The summed E-state index contributed by atoms with van der Waals surface area (Å²) in [6.07, 6.45) is 10.3. The lowest BCUT2D eigenvalue weighted by Gasteiger charge is -2.38. The number of hydrogen-bond donors (Lipinski definition) is 2. The molecule has 3 aromatic rings. The zero-order valence-corrected chi connectivity index (χ0v) is 23.1. The average molecular weight is 483 g/mol. The average Bonchev–Trinajstić information content (AvgIpc) is 2.96. The van der Waals surface area contributed by atoms with Gasteiger partial charge in [-0.3, -0.25) is 0 Å². The maximum atomic E-state index is 4.50. The van der Waals surface area contributed by atoms with E-state index in [0.717, 1.165) is 24.1 Å². The molecular weight excluding hydrogens is 436 g/mol. The molecule has 2 heteroatoms. The molecule has 0 aliphatic carbocycles. The van der Waals surface area contributed by atoms with Crippen LogP contribution in [0.2, 0.25) is 0 Å². The summed E-state index contributed by atoms with van der Waals surface area (Å²) in [6, 6.07) is 29.5. The third-order valence-electron chi connectivity index (χ3n) is 5.26. The third kappa shape index (κ3) is 10.6. The Morgan fingerprint density at radius 3 is 1.36 bits per heavy atom. The summed E-state index contributed by atoms with van der Waals surface area (Å²) in [7, 11) is 1.50. The fourth-order valence-corrected chi connectivity index (χ4v) is 3.68. The third-order valence-corrected chi connectivity index (χ3v) is 5.26. The predicted octanol–water partition coefficient (Wildman–Crippen LogP) is 8.07. The molecule has 0 atom stereocenters. The van der Waals surface area contributed by atoms with E-state index < -0.39 is 5.54 Å². The summed E-state index contributed by atoms with van der Waals surface area (Å²) in [5.74, 6) is 0. The molecule has 3 N–H and O–H groups in total. The molecule has 3 rings (SSSR count). The molecule has 192 valence electrons. The van der Waals surface area contributed by atoms with Crippen molar-refractivity contribution in [3.05, 3.63) is 145 Å². The van der Waals surface area contributed by atoms with E-state index in [1.807, 2.05) is 19.1 Å². The number of terminal acetylenes is 1. The van der Waals surface area contributed by atoms with Crippen molar-refractivity contribution in [3.63, 3.8) is 0 Å². The smallest absolute Gasteiger partial charge is 0.109 e. The van der Waals surface area contributed by atoms with E-state index in [1.165, 1.54) is 29.3 Å². The fourth-order valence-electron chi connectivity index (χ4n) is 3.68. The van der Waals surface area contributed by atoms with Crippen molar-refractivity contribution in [1.82, 2.24) is 5.32 Å². The molecule has 0 aliphatic heterocycles. The van der Waals surface area contributed by atoms with Crippen molar-refractivity contribution in [2.45, 2.75) is 46.1 Å². The minimum Gasteiger partial charge on any atom is -0.372 e. The molecule has 0 saturated heterocycles. The summed E-state index contributed by atoms with van der Waals surface area (Å²) >= 11 is 0. The van der Waals surface area contributed by atoms with Gasteiger partial charge in [0.2, 0.25) is 0 Å². The topological polar surface area (TPSA) is 38.0 Å². The molecule has 0 spiro atoms. The monoisotopic (exact) mass is 482 g/mol. The molecule has 3 aromatic carbocycles. The second-order valence-electron chi connectivity index (χ2n) is 7.69. The first kappa shape index (κ1) is 34.4. The second kappa shape index (κ2) is 20.6. The molecule has 0 radical (unpaired) electrons. The van der Waals surface area contributed by atoms with Crippen molar-refractivity contribution in [2.24, 2.45) is 5.73 Å². The number of hydrogen-bond acceptors (Lipinski definition) is 2. The number of allylic oxidation sites excluding steroid dienone is 1. The van der Waals surface area contributed by atoms with Gasteiger partial charge >= 0.3 is 0 Å².